The molecular weight excluding hydrogens is 466 g/mol. The Labute approximate surface area is 138 Å². The van der Waals surface area contributed by atoms with E-state index in [2.05, 4.69) is 55.5 Å². The van der Waals surface area contributed by atoms with E-state index < -0.39 is 0 Å². The number of nitrogens with two attached hydrogens (primary N) is 1. The number of anilines is 1. The Morgan fingerprint density at radius 1 is 1.05 bits per heavy atom. The number of carbonyl (C=O) groups excluding carboxylic acids is 1. The average Bonchev–Trinajstić information content (AvgIpc) is 2.37. The second kappa shape index (κ2) is 8.78. The maximum atomic E-state index is 11.9. The number of benzene rings is 1. The van der Waals surface area contributed by atoms with Crippen molar-refractivity contribution in [2.24, 2.45) is 5.73 Å². The van der Waals surface area contributed by atoms with Gasteiger partial charge in [0.2, 0.25) is 0 Å². The van der Waals surface area contributed by atoms with Gasteiger partial charge in [-0.05, 0) is 57.4 Å². The summed E-state index contributed by atoms with van der Waals surface area (Å²) in [6, 6.07) is 4.06. The molecule has 3 N–H and O–H groups in total. The van der Waals surface area contributed by atoms with Crippen LogP contribution in [0.4, 0.5) is 5.69 Å². The molecule has 1 rings (SSSR count). The van der Waals surface area contributed by atoms with Crippen molar-refractivity contribution in [2.75, 3.05) is 5.32 Å². The van der Waals surface area contributed by atoms with Gasteiger partial charge in [-0.15, -0.1) is 0 Å². The number of hydrogen-bond acceptors (Lipinski definition) is 2. The maximum absolute atomic E-state index is 11.9. The van der Waals surface area contributed by atoms with Crippen LogP contribution < -0.4 is 11.1 Å². The van der Waals surface area contributed by atoms with Crippen LogP contribution in [-0.4, -0.2) is 5.91 Å². The Morgan fingerprint density at radius 3 is 2.00 bits per heavy atom. The molecule has 1 amide bonds. The number of carbonyl (C=O) groups is 1. The van der Waals surface area contributed by atoms with Crippen molar-refractivity contribution >= 4 is 48.8 Å². The van der Waals surface area contributed by atoms with E-state index in [4.69, 9.17) is 5.73 Å². The van der Waals surface area contributed by atoms with E-state index in [1.165, 1.54) is 5.56 Å². The highest BCUT2D eigenvalue weighted by molar-refractivity contribution is 15.0. The molecule has 0 atom stereocenters. The fourth-order valence-corrected chi connectivity index (χ4v) is 1.49. The van der Waals surface area contributed by atoms with Crippen LogP contribution >= 0.6 is 37.2 Å². The molecule has 5 heteroatoms. The van der Waals surface area contributed by atoms with Gasteiger partial charge in [-0.25, -0.2) is 0 Å². The number of amides is 1. The van der Waals surface area contributed by atoms with Crippen LogP contribution in [-0.2, 0) is 4.79 Å². The highest BCUT2D eigenvalue weighted by atomic mass is 128. The molecule has 0 spiro atoms. The molecule has 0 saturated carbocycles. The molecule has 0 saturated heterocycles. The number of rotatable bonds is 2. The van der Waals surface area contributed by atoms with Gasteiger partial charge in [0.05, 0.1) is 0 Å². The van der Waals surface area contributed by atoms with Crippen LogP contribution in [0.1, 0.15) is 30.5 Å². The standard InChI is InChI=1S/C14H20N2O.I2/c1-8-6-10(3)13(7-9(8)2)16-14(17)11(4)12(5)15;1-2/h6-7H,15H2,1-5H3,(H,16,17);/b12-11-;. The minimum atomic E-state index is -0.142. The Balaban J connectivity index is 0.00000154. The molecule has 0 heterocycles. The third kappa shape index (κ3) is 5.68. The summed E-state index contributed by atoms with van der Waals surface area (Å²) in [5.74, 6) is -0.142. The molecule has 1 aromatic rings. The maximum Gasteiger partial charge on any atom is 0.253 e. The van der Waals surface area contributed by atoms with E-state index in [9.17, 15) is 4.79 Å². The number of hydrogen-bond donors (Lipinski definition) is 2. The number of allylic oxidation sites excluding steroid dienone is 1. The van der Waals surface area contributed by atoms with E-state index in [0.717, 1.165) is 16.8 Å². The molecular formula is C14H20I2N2O. The van der Waals surface area contributed by atoms with Crippen molar-refractivity contribution < 1.29 is 4.79 Å². The lowest BCUT2D eigenvalue weighted by atomic mass is 10.0. The van der Waals surface area contributed by atoms with Crippen LogP contribution in [0.25, 0.3) is 0 Å². The Kier molecular flexibility index (Phi) is 8.64. The lowest BCUT2D eigenvalue weighted by Crippen LogP contribution is -2.16. The van der Waals surface area contributed by atoms with E-state index in [1.54, 1.807) is 13.8 Å². The van der Waals surface area contributed by atoms with Crippen LogP contribution in [0.3, 0.4) is 0 Å². The summed E-state index contributed by atoms with van der Waals surface area (Å²) in [7, 11) is 0. The van der Waals surface area contributed by atoms with Gasteiger partial charge in [0.25, 0.3) is 5.91 Å². The van der Waals surface area contributed by atoms with Crippen LogP contribution in [0.15, 0.2) is 23.4 Å². The smallest absolute Gasteiger partial charge is 0.253 e. The molecule has 3 nitrogen and oxygen atoms in total. The van der Waals surface area contributed by atoms with Gasteiger partial charge in [0.15, 0.2) is 0 Å². The highest BCUT2D eigenvalue weighted by Crippen LogP contribution is 2.20. The molecule has 0 bridgehead atoms. The zero-order valence-corrected chi connectivity index (χ0v) is 16.2. The molecule has 0 unspecified atom stereocenters. The second-order valence-corrected chi connectivity index (χ2v) is 4.51. The van der Waals surface area contributed by atoms with Gasteiger partial charge in [0.1, 0.15) is 0 Å². The molecule has 0 aliphatic carbocycles. The molecule has 19 heavy (non-hydrogen) atoms. The number of aryl methyl sites for hydroxylation is 3. The lowest BCUT2D eigenvalue weighted by molar-refractivity contribution is -0.112. The Hall–Kier alpha value is -0.310. The van der Waals surface area contributed by atoms with Crippen LogP contribution in [0.2, 0.25) is 0 Å². The van der Waals surface area contributed by atoms with Crippen molar-refractivity contribution in [3.05, 3.63) is 40.1 Å². The quantitative estimate of drug-likeness (QED) is 0.476. The monoisotopic (exact) mass is 486 g/mol. The van der Waals surface area contributed by atoms with Gasteiger partial charge in [-0.1, -0.05) is 6.07 Å². The average molecular weight is 486 g/mol. The van der Waals surface area contributed by atoms with E-state index in [1.807, 2.05) is 19.9 Å². The highest BCUT2D eigenvalue weighted by Gasteiger charge is 2.09. The fraction of sp³-hybridized carbons (Fsp3) is 0.357. The summed E-state index contributed by atoms with van der Waals surface area (Å²) in [6.45, 7) is 9.52. The minimum absolute atomic E-state index is 0.142. The first-order valence-corrected chi connectivity index (χ1v) is 12.1. The van der Waals surface area contributed by atoms with E-state index >= 15 is 0 Å². The second-order valence-electron chi connectivity index (χ2n) is 4.51. The predicted octanol–water partition coefficient (Wildman–Crippen LogP) is 4.57. The fourth-order valence-electron chi connectivity index (χ4n) is 1.49. The van der Waals surface area contributed by atoms with Crippen molar-refractivity contribution in [1.29, 1.82) is 0 Å². The molecule has 0 aliphatic heterocycles. The van der Waals surface area contributed by atoms with Crippen molar-refractivity contribution in [3.63, 3.8) is 0 Å². The first-order chi connectivity index (χ1) is 8.82. The largest absolute Gasteiger partial charge is 0.402 e. The summed E-state index contributed by atoms with van der Waals surface area (Å²) in [4.78, 5) is 11.9. The zero-order chi connectivity index (χ0) is 15.2. The van der Waals surface area contributed by atoms with Crippen LogP contribution in [0.5, 0.6) is 0 Å². The van der Waals surface area contributed by atoms with Crippen LogP contribution in [0, 0.1) is 20.8 Å². The first kappa shape index (κ1) is 18.7. The predicted molar refractivity (Wildman–Crippen MR) is 99.9 cm³/mol. The summed E-state index contributed by atoms with van der Waals surface area (Å²) in [6.07, 6.45) is 0. The molecule has 0 aromatic heterocycles. The van der Waals surface area contributed by atoms with Gasteiger partial charge < -0.3 is 11.1 Å². The first-order valence-electron chi connectivity index (χ1n) is 5.79. The summed E-state index contributed by atoms with van der Waals surface area (Å²) >= 11 is 4.24. The van der Waals surface area contributed by atoms with E-state index in [-0.39, 0.29) is 5.91 Å². The summed E-state index contributed by atoms with van der Waals surface area (Å²) < 4.78 is 0. The van der Waals surface area contributed by atoms with Gasteiger partial charge in [-0.2, -0.15) is 0 Å². The SMILES string of the molecule is C/C(N)=C(\C)C(=O)Nc1cc(C)c(C)cc1C.II. The number of nitrogens with one attached hydrogen (secondary N) is 1. The number of halogens is 2. The topological polar surface area (TPSA) is 55.1 Å². The molecule has 106 valence electrons. The normalized spacial score (nSPS) is 11.1. The zero-order valence-electron chi connectivity index (χ0n) is 11.9. The molecule has 1 aromatic carbocycles. The third-order valence-electron chi connectivity index (χ3n) is 3.02. The summed E-state index contributed by atoms with van der Waals surface area (Å²) in [5, 5.41) is 2.88. The van der Waals surface area contributed by atoms with Crippen molar-refractivity contribution in [2.45, 2.75) is 34.6 Å². The minimum Gasteiger partial charge on any atom is -0.402 e. The van der Waals surface area contributed by atoms with Crippen molar-refractivity contribution in [3.8, 4) is 0 Å². The third-order valence-corrected chi connectivity index (χ3v) is 3.02. The molecule has 0 aliphatic rings. The van der Waals surface area contributed by atoms with Gasteiger partial charge in [0, 0.05) is 54.2 Å². The van der Waals surface area contributed by atoms with Gasteiger partial charge in [-0.3, -0.25) is 4.79 Å². The Morgan fingerprint density at radius 2 is 1.53 bits per heavy atom. The molecule has 0 radical (unpaired) electrons. The Bertz CT molecular complexity index is 492. The van der Waals surface area contributed by atoms with Gasteiger partial charge >= 0.3 is 0 Å². The van der Waals surface area contributed by atoms with E-state index in [0.29, 0.717) is 11.3 Å². The summed E-state index contributed by atoms with van der Waals surface area (Å²) in [5.41, 5.74) is 11.0. The lowest BCUT2D eigenvalue weighted by Gasteiger charge is -2.12. The molecule has 0 fully saturated rings. The van der Waals surface area contributed by atoms with Crippen molar-refractivity contribution in [1.82, 2.24) is 0 Å².